The van der Waals surface area contributed by atoms with Crippen molar-refractivity contribution in [3.8, 4) is 0 Å². The van der Waals surface area contributed by atoms with Crippen molar-refractivity contribution in [2.75, 3.05) is 6.61 Å². The van der Waals surface area contributed by atoms with Gasteiger partial charge in [-0.15, -0.1) is 0 Å². The largest absolute Gasteiger partial charge is 0.396 e. The minimum absolute atomic E-state index is 0.272. The normalized spacial score (nSPS) is 17.8. The highest BCUT2D eigenvalue weighted by molar-refractivity contribution is 5.04. The van der Waals surface area contributed by atoms with Crippen LogP contribution in [0.15, 0.2) is 12.4 Å². The van der Waals surface area contributed by atoms with Crippen molar-refractivity contribution in [2.24, 2.45) is 0 Å². The van der Waals surface area contributed by atoms with Crippen LogP contribution in [0.2, 0.25) is 0 Å². The SMILES string of the molecule is OCCCc1cnn(C2CCCC2)c1. The van der Waals surface area contributed by atoms with Gasteiger partial charge < -0.3 is 5.11 Å². The molecule has 0 aromatic carbocycles. The second kappa shape index (κ2) is 4.60. The Balaban J connectivity index is 1.94. The molecule has 1 heterocycles. The highest BCUT2D eigenvalue weighted by atomic mass is 16.2. The molecule has 1 aliphatic rings. The predicted octanol–water partition coefficient (Wildman–Crippen LogP) is 1.92. The molecule has 3 heteroatoms. The van der Waals surface area contributed by atoms with E-state index in [0.717, 1.165) is 12.8 Å². The van der Waals surface area contributed by atoms with Crippen molar-refractivity contribution in [2.45, 2.75) is 44.6 Å². The second-order valence-corrected chi connectivity index (χ2v) is 4.09. The Kier molecular flexibility index (Phi) is 3.19. The van der Waals surface area contributed by atoms with Gasteiger partial charge in [-0.05, 0) is 31.2 Å². The van der Waals surface area contributed by atoms with Gasteiger partial charge in [0.25, 0.3) is 0 Å². The minimum atomic E-state index is 0.272. The summed E-state index contributed by atoms with van der Waals surface area (Å²) >= 11 is 0. The maximum atomic E-state index is 8.72. The molecule has 78 valence electrons. The van der Waals surface area contributed by atoms with E-state index in [1.807, 2.05) is 6.20 Å². The van der Waals surface area contributed by atoms with Crippen LogP contribution in [0, 0.1) is 0 Å². The number of nitrogens with zero attached hydrogens (tertiary/aromatic N) is 2. The monoisotopic (exact) mass is 194 g/mol. The summed E-state index contributed by atoms with van der Waals surface area (Å²) in [7, 11) is 0. The Bertz CT molecular complexity index is 277. The Morgan fingerprint density at radius 3 is 2.93 bits per heavy atom. The van der Waals surface area contributed by atoms with Crippen LogP contribution in [-0.4, -0.2) is 21.5 Å². The van der Waals surface area contributed by atoms with E-state index >= 15 is 0 Å². The van der Waals surface area contributed by atoms with Gasteiger partial charge in [0.05, 0.1) is 12.2 Å². The summed E-state index contributed by atoms with van der Waals surface area (Å²) in [5, 5.41) is 13.1. The first-order valence-corrected chi connectivity index (χ1v) is 5.54. The number of aryl methyl sites for hydroxylation is 1. The minimum Gasteiger partial charge on any atom is -0.396 e. The number of aliphatic hydroxyl groups excluding tert-OH is 1. The zero-order chi connectivity index (χ0) is 9.80. The molecule has 0 unspecified atom stereocenters. The van der Waals surface area contributed by atoms with Crippen LogP contribution in [0.3, 0.4) is 0 Å². The van der Waals surface area contributed by atoms with Crippen LogP contribution >= 0.6 is 0 Å². The highest BCUT2D eigenvalue weighted by Crippen LogP contribution is 2.28. The molecule has 0 amide bonds. The standard InChI is InChI=1S/C11H18N2O/c14-7-3-4-10-8-12-13(9-10)11-5-1-2-6-11/h8-9,11,14H,1-7H2. The van der Waals surface area contributed by atoms with Crippen LogP contribution in [0.5, 0.6) is 0 Å². The Labute approximate surface area is 84.7 Å². The first-order valence-electron chi connectivity index (χ1n) is 5.54. The molecule has 0 bridgehead atoms. The lowest BCUT2D eigenvalue weighted by molar-refractivity contribution is 0.288. The zero-order valence-electron chi connectivity index (χ0n) is 8.52. The predicted molar refractivity (Wildman–Crippen MR) is 55.1 cm³/mol. The van der Waals surface area contributed by atoms with E-state index in [-0.39, 0.29) is 6.61 Å². The second-order valence-electron chi connectivity index (χ2n) is 4.09. The lowest BCUT2D eigenvalue weighted by atomic mass is 10.2. The van der Waals surface area contributed by atoms with Crippen LogP contribution in [-0.2, 0) is 6.42 Å². The van der Waals surface area contributed by atoms with E-state index in [0.29, 0.717) is 6.04 Å². The third kappa shape index (κ3) is 2.15. The van der Waals surface area contributed by atoms with E-state index in [1.54, 1.807) is 0 Å². The highest BCUT2D eigenvalue weighted by Gasteiger charge is 2.17. The molecule has 0 spiro atoms. The molecule has 14 heavy (non-hydrogen) atoms. The van der Waals surface area contributed by atoms with Gasteiger partial charge in [-0.1, -0.05) is 12.8 Å². The molecule has 2 rings (SSSR count). The molecule has 0 saturated heterocycles. The van der Waals surface area contributed by atoms with E-state index in [4.69, 9.17) is 5.11 Å². The van der Waals surface area contributed by atoms with Crippen molar-refractivity contribution >= 4 is 0 Å². The van der Waals surface area contributed by atoms with Gasteiger partial charge in [0.15, 0.2) is 0 Å². The molecular weight excluding hydrogens is 176 g/mol. The summed E-state index contributed by atoms with van der Waals surface area (Å²) in [5.41, 5.74) is 1.26. The number of aliphatic hydroxyl groups is 1. The van der Waals surface area contributed by atoms with Crippen molar-refractivity contribution in [1.82, 2.24) is 9.78 Å². The third-order valence-electron chi connectivity index (χ3n) is 2.98. The Hall–Kier alpha value is -0.830. The maximum Gasteiger partial charge on any atom is 0.0521 e. The molecule has 1 N–H and O–H groups in total. The van der Waals surface area contributed by atoms with Crippen LogP contribution in [0.1, 0.15) is 43.7 Å². The van der Waals surface area contributed by atoms with E-state index in [2.05, 4.69) is 16.0 Å². The van der Waals surface area contributed by atoms with Gasteiger partial charge in [0.1, 0.15) is 0 Å². The third-order valence-corrected chi connectivity index (χ3v) is 2.98. The number of aromatic nitrogens is 2. The number of hydrogen-bond acceptors (Lipinski definition) is 2. The van der Waals surface area contributed by atoms with Gasteiger partial charge in [0, 0.05) is 12.8 Å². The van der Waals surface area contributed by atoms with Gasteiger partial charge >= 0.3 is 0 Å². The van der Waals surface area contributed by atoms with Crippen molar-refractivity contribution in [3.63, 3.8) is 0 Å². The van der Waals surface area contributed by atoms with Gasteiger partial charge in [-0.2, -0.15) is 5.10 Å². The van der Waals surface area contributed by atoms with Gasteiger partial charge in [-0.3, -0.25) is 4.68 Å². The average molecular weight is 194 g/mol. The maximum absolute atomic E-state index is 8.72. The fourth-order valence-corrected chi connectivity index (χ4v) is 2.16. The average Bonchev–Trinajstić information content (AvgIpc) is 2.85. The molecule has 0 radical (unpaired) electrons. The first-order chi connectivity index (χ1) is 6.90. The van der Waals surface area contributed by atoms with Crippen LogP contribution in [0.4, 0.5) is 0 Å². The molecule has 1 aliphatic carbocycles. The number of rotatable bonds is 4. The lowest BCUT2D eigenvalue weighted by Crippen LogP contribution is -2.04. The van der Waals surface area contributed by atoms with Crippen molar-refractivity contribution < 1.29 is 5.11 Å². The van der Waals surface area contributed by atoms with E-state index in [9.17, 15) is 0 Å². The molecular formula is C11H18N2O. The molecule has 1 saturated carbocycles. The fraction of sp³-hybridized carbons (Fsp3) is 0.727. The first kappa shape index (κ1) is 9.71. The molecule has 0 atom stereocenters. The summed E-state index contributed by atoms with van der Waals surface area (Å²) in [4.78, 5) is 0. The van der Waals surface area contributed by atoms with Crippen LogP contribution in [0.25, 0.3) is 0 Å². The quantitative estimate of drug-likeness (QED) is 0.795. The smallest absolute Gasteiger partial charge is 0.0521 e. The van der Waals surface area contributed by atoms with E-state index in [1.165, 1.54) is 31.2 Å². The fourth-order valence-electron chi connectivity index (χ4n) is 2.16. The molecule has 3 nitrogen and oxygen atoms in total. The van der Waals surface area contributed by atoms with Gasteiger partial charge in [-0.25, -0.2) is 0 Å². The Morgan fingerprint density at radius 2 is 2.21 bits per heavy atom. The molecule has 1 aromatic rings. The molecule has 1 fully saturated rings. The van der Waals surface area contributed by atoms with E-state index < -0.39 is 0 Å². The molecule has 0 aliphatic heterocycles. The summed E-state index contributed by atoms with van der Waals surface area (Å²) in [6.45, 7) is 0.272. The lowest BCUT2D eigenvalue weighted by Gasteiger charge is -2.08. The zero-order valence-corrected chi connectivity index (χ0v) is 8.52. The summed E-state index contributed by atoms with van der Waals surface area (Å²) in [6, 6.07) is 0.637. The number of hydrogen-bond donors (Lipinski definition) is 1. The van der Waals surface area contributed by atoms with Crippen molar-refractivity contribution in [1.29, 1.82) is 0 Å². The Morgan fingerprint density at radius 1 is 1.43 bits per heavy atom. The van der Waals surface area contributed by atoms with Gasteiger partial charge in [0.2, 0.25) is 0 Å². The summed E-state index contributed by atoms with van der Waals surface area (Å²) in [6.07, 6.45) is 11.1. The molecule has 1 aromatic heterocycles. The summed E-state index contributed by atoms with van der Waals surface area (Å²) in [5.74, 6) is 0. The van der Waals surface area contributed by atoms with Crippen molar-refractivity contribution in [3.05, 3.63) is 18.0 Å². The topological polar surface area (TPSA) is 38.1 Å². The van der Waals surface area contributed by atoms with Crippen LogP contribution < -0.4 is 0 Å². The summed E-state index contributed by atoms with van der Waals surface area (Å²) < 4.78 is 2.11.